The minimum atomic E-state index is -4.75. The fourth-order valence-corrected chi connectivity index (χ4v) is 5.01. The lowest BCUT2D eigenvalue weighted by Gasteiger charge is -2.20. The maximum absolute atomic E-state index is 14.8. The zero-order valence-electron chi connectivity index (χ0n) is 27.8. The summed E-state index contributed by atoms with van der Waals surface area (Å²) in [6.45, 7) is 4.84. The molecule has 262 valence electrons. The standard InChI is InChI=1S/C37H46F4N2O5/c1-3-5-7-9-11-13-15-23-46-30-25-42-34(43-26-30)27-17-19-28(20-18-27)35(44)47-32-22-21-29(24-31(32)38)36(45)48-33(37(39,40)41)16-14-12-10-8-6-4-2/h17-22,24-26,33H,3-16,23H2,1-2H3. The molecule has 3 aromatic rings. The second-order valence-electron chi connectivity index (χ2n) is 11.8. The molecule has 1 unspecified atom stereocenters. The zero-order chi connectivity index (χ0) is 34.8. The lowest BCUT2D eigenvalue weighted by molar-refractivity contribution is -0.206. The molecule has 7 nitrogen and oxygen atoms in total. The van der Waals surface area contributed by atoms with E-state index in [-0.39, 0.29) is 18.4 Å². The molecule has 0 radical (unpaired) electrons. The summed E-state index contributed by atoms with van der Waals surface area (Å²) in [5, 5.41) is 0. The highest BCUT2D eigenvalue weighted by atomic mass is 19.4. The number of carbonyl (C=O) groups excluding carboxylic acids is 2. The van der Waals surface area contributed by atoms with Gasteiger partial charge < -0.3 is 14.2 Å². The van der Waals surface area contributed by atoms with Gasteiger partial charge in [-0.1, -0.05) is 96.6 Å². The van der Waals surface area contributed by atoms with Crippen molar-refractivity contribution in [3.8, 4) is 22.9 Å². The maximum atomic E-state index is 14.8. The van der Waals surface area contributed by atoms with Crippen molar-refractivity contribution >= 4 is 11.9 Å². The Balaban J connectivity index is 1.49. The van der Waals surface area contributed by atoms with Gasteiger partial charge in [-0.2, -0.15) is 13.2 Å². The minimum Gasteiger partial charge on any atom is -0.490 e. The Hall–Kier alpha value is -4.02. The summed E-state index contributed by atoms with van der Waals surface area (Å²) in [6.07, 6.45) is 8.72. The molecule has 0 amide bonds. The van der Waals surface area contributed by atoms with Crippen molar-refractivity contribution in [2.24, 2.45) is 0 Å². The number of nitrogens with zero attached hydrogens (tertiary/aromatic N) is 2. The molecule has 0 N–H and O–H groups in total. The highest BCUT2D eigenvalue weighted by Gasteiger charge is 2.42. The molecule has 0 aliphatic carbocycles. The Labute approximate surface area is 280 Å². The molecular formula is C37H46F4N2O5. The van der Waals surface area contributed by atoms with Crippen molar-refractivity contribution < 1.29 is 41.4 Å². The second-order valence-corrected chi connectivity index (χ2v) is 11.8. The summed E-state index contributed by atoms with van der Waals surface area (Å²) in [4.78, 5) is 33.8. The predicted octanol–water partition coefficient (Wildman–Crippen LogP) is 10.5. The molecule has 0 saturated carbocycles. The van der Waals surface area contributed by atoms with E-state index in [1.165, 1.54) is 44.2 Å². The zero-order valence-corrected chi connectivity index (χ0v) is 27.8. The summed E-state index contributed by atoms with van der Waals surface area (Å²) in [5.41, 5.74) is 0.315. The largest absolute Gasteiger partial charge is 0.490 e. The number of esters is 2. The van der Waals surface area contributed by atoms with E-state index in [4.69, 9.17) is 14.2 Å². The molecule has 3 rings (SSSR count). The Morgan fingerprint density at radius 1 is 0.729 bits per heavy atom. The first-order valence-electron chi connectivity index (χ1n) is 17.0. The van der Waals surface area contributed by atoms with Crippen molar-refractivity contribution in [3.05, 3.63) is 71.8 Å². The Bertz CT molecular complexity index is 1400. The van der Waals surface area contributed by atoms with Crippen molar-refractivity contribution in [1.82, 2.24) is 9.97 Å². The molecule has 1 aromatic heterocycles. The highest BCUT2D eigenvalue weighted by molar-refractivity contribution is 5.92. The number of aromatic nitrogens is 2. The first-order chi connectivity index (χ1) is 23.1. The Kier molecular flexibility index (Phi) is 16.3. The van der Waals surface area contributed by atoms with E-state index >= 15 is 0 Å². The molecule has 11 heteroatoms. The molecule has 0 spiro atoms. The van der Waals surface area contributed by atoms with Gasteiger partial charge in [0.25, 0.3) is 0 Å². The molecular weight excluding hydrogens is 628 g/mol. The third-order valence-electron chi connectivity index (χ3n) is 7.83. The summed E-state index contributed by atoms with van der Waals surface area (Å²) >= 11 is 0. The number of unbranched alkanes of at least 4 members (excludes halogenated alkanes) is 11. The van der Waals surface area contributed by atoms with Crippen LogP contribution in [0.2, 0.25) is 0 Å². The number of halogens is 4. The van der Waals surface area contributed by atoms with Gasteiger partial charge in [-0.15, -0.1) is 0 Å². The van der Waals surface area contributed by atoms with E-state index in [9.17, 15) is 27.2 Å². The van der Waals surface area contributed by atoms with Gasteiger partial charge >= 0.3 is 18.1 Å². The topological polar surface area (TPSA) is 87.6 Å². The molecule has 0 aliphatic heterocycles. The number of hydrogen-bond acceptors (Lipinski definition) is 7. The lowest BCUT2D eigenvalue weighted by Crippen LogP contribution is -2.34. The van der Waals surface area contributed by atoms with Gasteiger partial charge in [0.05, 0.1) is 30.1 Å². The van der Waals surface area contributed by atoms with Gasteiger partial charge in [0.15, 0.2) is 29.2 Å². The predicted molar refractivity (Wildman–Crippen MR) is 176 cm³/mol. The van der Waals surface area contributed by atoms with Crippen LogP contribution in [0.25, 0.3) is 11.4 Å². The first kappa shape index (κ1) is 38.4. The van der Waals surface area contributed by atoms with Crippen LogP contribution in [-0.2, 0) is 4.74 Å². The van der Waals surface area contributed by atoms with Crippen molar-refractivity contribution in [2.45, 2.75) is 116 Å². The molecule has 1 heterocycles. The van der Waals surface area contributed by atoms with E-state index in [1.54, 1.807) is 24.5 Å². The van der Waals surface area contributed by atoms with E-state index in [1.807, 2.05) is 6.92 Å². The van der Waals surface area contributed by atoms with Crippen molar-refractivity contribution in [1.29, 1.82) is 0 Å². The third kappa shape index (κ3) is 13.2. The maximum Gasteiger partial charge on any atom is 0.425 e. The van der Waals surface area contributed by atoms with Gasteiger partial charge in [0.2, 0.25) is 0 Å². The molecule has 2 aromatic carbocycles. The molecule has 1 atom stereocenters. The van der Waals surface area contributed by atoms with E-state index in [0.717, 1.165) is 50.7 Å². The SMILES string of the molecule is CCCCCCCCCOc1cnc(-c2ccc(C(=O)Oc3ccc(C(=O)OC(CCCCCCCC)C(F)(F)F)cc3F)cc2)nc1. The van der Waals surface area contributed by atoms with Gasteiger partial charge in [-0.25, -0.2) is 23.9 Å². The van der Waals surface area contributed by atoms with Crippen LogP contribution in [0.15, 0.2) is 54.9 Å². The monoisotopic (exact) mass is 674 g/mol. The van der Waals surface area contributed by atoms with Gasteiger partial charge in [0, 0.05) is 5.56 Å². The van der Waals surface area contributed by atoms with Crippen LogP contribution in [0.5, 0.6) is 11.5 Å². The summed E-state index contributed by atoms with van der Waals surface area (Å²) in [6, 6.07) is 8.90. The Morgan fingerprint density at radius 3 is 1.88 bits per heavy atom. The minimum absolute atomic E-state index is 0.110. The molecule has 0 fully saturated rings. The number of hydrogen-bond donors (Lipinski definition) is 0. The van der Waals surface area contributed by atoms with Crippen molar-refractivity contribution in [2.75, 3.05) is 6.61 Å². The van der Waals surface area contributed by atoms with Crippen LogP contribution in [0, 0.1) is 5.82 Å². The molecule has 0 saturated heterocycles. The highest BCUT2D eigenvalue weighted by Crippen LogP contribution is 2.29. The lowest BCUT2D eigenvalue weighted by atomic mass is 10.1. The number of carbonyl (C=O) groups is 2. The van der Waals surface area contributed by atoms with Crippen LogP contribution in [0.1, 0.15) is 124 Å². The van der Waals surface area contributed by atoms with E-state index in [2.05, 4.69) is 16.9 Å². The quantitative estimate of drug-likeness (QED) is 0.0481. The van der Waals surface area contributed by atoms with E-state index in [0.29, 0.717) is 36.2 Å². The number of rotatable bonds is 21. The van der Waals surface area contributed by atoms with Crippen LogP contribution >= 0.6 is 0 Å². The van der Waals surface area contributed by atoms with Crippen LogP contribution in [-0.4, -0.2) is 40.8 Å². The fourth-order valence-electron chi connectivity index (χ4n) is 5.01. The van der Waals surface area contributed by atoms with Crippen molar-refractivity contribution in [3.63, 3.8) is 0 Å². The number of ether oxygens (including phenoxy) is 3. The van der Waals surface area contributed by atoms with Gasteiger partial charge in [0.1, 0.15) is 0 Å². The molecule has 0 bridgehead atoms. The average molecular weight is 675 g/mol. The number of alkyl halides is 3. The van der Waals surface area contributed by atoms with Crippen LogP contribution < -0.4 is 9.47 Å². The first-order valence-corrected chi connectivity index (χ1v) is 17.0. The van der Waals surface area contributed by atoms with E-state index < -0.39 is 41.3 Å². The average Bonchev–Trinajstić information content (AvgIpc) is 3.07. The fraction of sp³-hybridized carbons (Fsp3) is 0.514. The molecule has 0 aliphatic rings. The summed E-state index contributed by atoms with van der Waals surface area (Å²) < 4.78 is 70.8. The van der Waals surface area contributed by atoms with Gasteiger partial charge in [-0.05, 0) is 49.6 Å². The smallest absolute Gasteiger partial charge is 0.425 e. The summed E-state index contributed by atoms with van der Waals surface area (Å²) in [5.74, 6) is -2.79. The molecule has 48 heavy (non-hydrogen) atoms. The second kappa shape index (κ2) is 20.4. The number of benzene rings is 2. The third-order valence-corrected chi connectivity index (χ3v) is 7.83. The Morgan fingerprint density at radius 2 is 1.29 bits per heavy atom. The summed E-state index contributed by atoms with van der Waals surface area (Å²) in [7, 11) is 0. The normalized spacial score (nSPS) is 12.0. The van der Waals surface area contributed by atoms with Gasteiger partial charge in [-0.3, -0.25) is 0 Å². The van der Waals surface area contributed by atoms with Crippen LogP contribution in [0.3, 0.4) is 0 Å². The van der Waals surface area contributed by atoms with Crippen LogP contribution in [0.4, 0.5) is 17.6 Å².